The van der Waals surface area contributed by atoms with Crippen molar-refractivity contribution in [1.29, 1.82) is 0 Å². The number of halogens is 1. The molecule has 1 saturated heterocycles. The van der Waals surface area contributed by atoms with Crippen LogP contribution >= 0.6 is 12.4 Å². The average molecular weight is 392 g/mol. The molecule has 1 atom stereocenters. The van der Waals surface area contributed by atoms with Gasteiger partial charge in [0.1, 0.15) is 0 Å². The summed E-state index contributed by atoms with van der Waals surface area (Å²) in [4.78, 5) is 16.7. The lowest BCUT2D eigenvalue weighted by Crippen LogP contribution is -2.34. The van der Waals surface area contributed by atoms with E-state index in [1.54, 1.807) is 21.5 Å². The number of anilines is 1. The molecule has 0 aliphatic carbocycles. The van der Waals surface area contributed by atoms with Gasteiger partial charge < -0.3 is 5.32 Å². The first-order valence-electron chi connectivity index (χ1n) is 8.82. The zero-order valence-electron chi connectivity index (χ0n) is 15.0. The number of hydrogen-bond acceptors (Lipinski definition) is 7. The first-order chi connectivity index (χ1) is 12.7. The predicted molar refractivity (Wildman–Crippen MR) is 101 cm³/mol. The molecule has 27 heavy (non-hydrogen) atoms. The van der Waals surface area contributed by atoms with Crippen LogP contribution in [-0.2, 0) is 6.54 Å². The second-order valence-electron chi connectivity index (χ2n) is 6.52. The summed E-state index contributed by atoms with van der Waals surface area (Å²) in [6, 6.07) is 2.34. The largest absolute Gasteiger partial charge is 0.314 e. The minimum absolute atomic E-state index is 0. The van der Waals surface area contributed by atoms with Crippen molar-refractivity contribution in [2.75, 3.05) is 11.9 Å². The Morgan fingerprint density at radius 1 is 1.33 bits per heavy atom. The summed E-state index contributed by atoms with van der Waals surface area (Å²) in [5, 5.41) is 22.1. The van der Waals surface area contributed by atoms with Gasteiger partial charge in [-0.05, 0) is 38.8 Å². The molecule has 1 aliphatic rings. The summed E-state index contributed by atoms with van der Waals surface area (Å²) in [6.45, 7) is 3.68. The van der Waals surface area contributed by atoms with Crippen LogP contribution in [0.3, 0.4) is 0 Å². The van der Waals surface area contributed by atoms with Crippen LogP contribution in [0.25, 0.3) is 5.78 Å². The fourth-order valence-electron chi connectivity index (χ4n) is 3.10. The lowest BCUT2D eigenvalue weighted by Gasteiger charge is -2.23. The van der Waals surface area contributed by atoms with Crippen molar-refractivity contribution in [3.05, 3.63) is 29.8 Å². The molecule has 10 nitrogen and oxygen atoms in total. The Morgan fingerprint density at radius 2 is 2.22 bits per heavy atom. The van der Waals surface area contributed by atoms with Crippen molar-refractivity contribution in [1.82, 2.24) is 39.9 Å². The number of hydrogen-bond donors (Lipinski definition) is 2. The van der Waals surface area contributed by atoms with Crippen LogP contribution in [0.1, 0.15) is 41.9 Å². The molecule has 4 rings (SSSR count). The summed E-state index contributed by atoms with van der Waals surface area (Å²) in [5.41, 5.74) is 1.08. The number of amides is 1. The molecule has 3 aromatic heterocycles. The van der Waals surface area contributed by atoms with Crippen LogP contribution in [0.5, 0.6) is 0 Å². The summed E-state index contributed by atoms with van der Waals surface area (Å²) in [5.74, 6) is 0.365. The summed E-state index contributed by atoms with van der Waals surface area (Å²) in [7, 11) is 0. The Kier molecular flexibility index (Phi) is 5.97. The van der Waals surface area contributed by atoms with Crippen LogP contribution in [-0.4, -0.2) is 53.1 Å². The second-order valence-corrected chi connectivity index (χ2v) is 6.52. The Balaban J connectivity index is 0.00000210. The lowest BCUT2D eigenvalue weighted by atomic mass is 10.0. The number of nitrogens with one attached hydrogen (secondary N) is 2. The smallest absolute Gasteiger partial charge is 0.280 e. The van der Waals surface area contributed by atoms with Crippen LogP contribution in [0, 0.1) is 6.92 Å². The first-order valence-corrected chi connectivity index (χ1v) is 8.82. The molecule has 0 radical (unpaired) electrons. The highest BCUT2D eigenvalue weighted by molar-refractivity contribution is 6.01. The van der Waals surface area contributed by atoms with Gasteiger partial charge in [0.15, 0.2) is 5.69 Å². The SMILES string of the molecule is Cc1ccn2c(NC(=O)c3cn(CCC4CCCCN4)nn3)nnc2n1.Cl. The molecule has 144 valence electrons. The zero-order valence-corrected chi connectivity index (χ0v) is 15.8. The van der Waals surface area contributed by atoms with Crippen molar-refractivity contribution in [3.63, 3.8) is 0 Å². The molecule has 0 saturated carbocycles. The van der Waals surface area contributed by atoms with E-state index in [-0.39, 0.29) is 24.0 Å². The van der Waals surface area contributed by atoms with E-state index in [1.165, 1.54) is 19.3 Å². The monoisotopic (exact) mass is 391 g/mol. The Morgan fingerprint density at radius 3 is 3.04 bits per heavy atom. The molecule has 0 spiro atoms. The van der Waals surface area contributed by atoms with Gasteiger partial charge in [-0.3, -0.25) is 19.2 Å². The Labute approximate surface area is 162 Å². The number of fused-ring (bicyclic) bond motifs is 1. The van der Waals surface area contributed by atoms with E-state index in [0.717, 1.165) is 25.2 Å². The minimum Gasteiger partial charge on any atom is -0.314 e. The van der Waals surface area contributed by atoms with E-state index in [1.807, 2.05) is 13.0 Å². The number of aromatic nitrogens is 7. The van der Waals surface area contributed by atoms with Gasteiger partial charge in [-0.1, -0.05) is 11.6 Å². The summed E-state index contributed by atoms with van der Waals surface area (Å²) < 4.78 is 3.32. The van der Waals surface area contributed by atoms with Crippen molar-refractivity contribution in [2.45, 2.75) is 45.2 Å². The highest BCUT2D eigenvalue weighted by atomic mass is 35.5. The van der Waals surface area contributed by atoms with Gasteiger partial charge in [0, 0.05) is 24.5 Å². The quantitative estimate of drug-likeness (QED) is 0.672. The standard InChI is InChI=1S/C16H21N9O.ClH/c1-11-5-9-25-15(18-11)21-22-16(25)19-14(26)13-10-24(23-20-13)8-6-12-4-2-3-7-17-12;/h5,9-10,12,17H,2-4,6-8H2,1H3,(H,19,22,26);1H. The van der Waals surface area contributed by atoms with Crippen LogP contribution in [0.2, 0.25) is 0 Å². The summed E-state index contributed by atoms with van der Waals surface area (Å²) in [6.07, 6.45) is 8.10. The number of carbonyl (C=O) groups excluding carboxylic acids is 1. The predicted octanol–water partition coefficient (Wildman–Crippen LogP) is 1.23. The van der Waals surface area contributed by atoms with E-state index in [2.05, 4.69) is 36.1 Å². The molecular weight excluding hydrogens is 370 g/mol. The zero-order chi connectivity index (χ0) is 17.9. The second kappa shape index (κ2) is 8.40. The number of piperidine rings is 1. The lowest BCUT2D eigenvalue weighted by molar-refractivity contribution is 0.102. The molecule has 1 unspecified atom stereocenters. The van der Waals surface area contributed by atoms with Gasteiger partial charge in [-0.2, -0.15) is 0 Å². The van der Waals surface area contributed by atoms with Gasteiger partial charge in [-0.25, -0.2) is 4.98 Å². The molecule has 2 N–H and O–H groups in total. The van der Waals surface area contributed by atoms with Crippen molar-refractivity contribution >= 4 is 30.0 Å². The highest BCUT2D eigenvalue weighted by Gasteiger charge is 2.16. The van der Waals surface area contributed by atoms with Crippen LogP contribution in [0.15, 0.2) is 18.5 Å². The molecule has 1 aliphatic heterocycles. The third-order valence-electron chi connectivity index (χ3n) is 4.53. The average Bonchev–Trinajstić information content (AvgIpc) is 3.28. The normalized spacial score (nSPS) is 16.9. The highest BCUT2D eigenvalue weighted by Crippen LogP contribution is 2.11. The molecule has 0 aromatic carbocycles. The first kappa shape index (κ1) is 19.2. The maximum atomic E-state index is 12.4. The maximum absolute atomic E-state index is 12.4. The van der Waals surface area contributed by atoms with Gasteiger partial charge in [-0.15, -0.1) is 27.7 Å². The number of rotatable bonds is 5. The minimum atomic E-state index is -0.373. The third kappa shape index (κ3) is 4.40. The van der Waals surface area contributed by atoms with Crippen LogP contribution < -0.4 is 10.6 Å². The van der Waals surface area contributed by atoms with Crippen LogP contribution in [0.4, 0.5) is 5.95 Å². The van der Waals surface area contributed by atoms with Gasteiger partial charge >= 0.3 is 0 Å². The fraction of sp³-hybridized carbons (Fsp3) is 0.500. The number of carbonyl (C=O) groups is 1. The van der Waals surface area contributed by atoms with Gasteiger partial charge in [0.2, 0.25) is 5.95 Å². The van der Waals surface area contributed by atoms with E-state index < -0.39 is 0 Å². The molecule has 0 bridgehead atoms. The van der Waals surface area contributed by atoms with E-state index in [4.69, 9.17) is 0 Å². The molecular formula is C16H22ClN9O. The molecule has 3 aromatic rings. The van der Waals surface area contributed by atoms with E-state index in [0.29, 0.717) is 17.8 Å². The Bertz CT molecular complexity index is 916. The van der Waals surface area contributed by atoms with Crippen molar-refractivity contribution in [2.24, 2.45) is 0 Å². The fourth-order valence-corrected chi connectivity index (χ4v) is 3.10. The molecule has 1 fully saturated rings. The van der Waals surface area contributed by atoms with Crippen molar-refractivity contribution in [3.8, 4) is 0 Å². The topological polar surface area (TPSA) is 115 Å². The Hall–Kier alpha value is -2.59. The van der Waals surface area contributed by atoms with Gasteiger partial charge in [0.05, 0.1) is 6.20 Å². The third-order valence-corrected chi connectivity index (χ3v) is 4.53. The maximum Gasteiger partial charge on any atom is 0.280 e. The number of nitrogens with zero attached hydrogens (tertiary/aromatic N) is 7. The number of aryl methyl sites for hydroxylation is 2. The van der Waals surface area contributed by atoms with E-state index in [9.17, 15) is 4.79 Å². The molecule has 1 amide bonds. The molecule has 11 heteroatoms. The summed E-state index contributed by atoms with van der Waals surface area (Å²) >= 11 is 0. The van der Waals surface area contributed by atoms with Gasteiger partial charge in [0.25, 0.3) is 11.7 Å². The molecule has 4 heterocycles. The van der Waals surface area contributed by atoms with Crippen molar-refractivity contribution < 1.29 is 4.79 Å². The van der Waals surface area contributed by atoms with E-state index >= 15 is 0 Å².